The first-order chi connectivity index (χ1) is 10.6. The highest BCUT2D eigenvalue weighted by atomic mass is 35.5. The topological polar surface area (TPSA) is 90.7 Å². The molecule has 112 valence electrons. The molecule has 0 fully saturated rings. The highest BCUT2D eigenvalue weighted by Gasteiger charge is 2.07. The summed E-state index contributed by atoms with van der Waals surface area (Å²) in [7, 11) is 0. The largest absolute Gasteiger partial charge is 0.383 e. The number of nitrogen functional groups attached to an aromatic ring is 2. The molecule has 2 heterocycles. The highest BCUT2D eigenvalue weighted by molar-refractivity contribution is 7.98. The third-order valence-electron chi connectivity index (χ3n) is 2.74. The fraction of sp³-hybridized carbons (Fsp3) is 0.0714. The average molecular weight is 350 g/mol. The number of nitrogens with two attached hydrogens (primary N) is 2. The number of hydrogen-bond donors (Lipinski definition) is 2. The van der Waals surface area contributed by atoms with Crippen LogP contribution in [0.4, 0.5) is 11.6 Å². The molecule has 0 bridgehead atoms. The molecule has 0 aliphatic carbocycles. The van der Waals surface area contributed by atoms with Gasteiger partial charge in [-0.3, -0.25) is 0 Å². The molecule has 0 atom stereocenters. The molecule has 22 heavy (non-hydrogen) atoms. The number of aromatic nitrogens is 3. The Kier molecular flexibility index (Phi) is 4.47. The van der Waals surface area contributed by atoms with Crippen LogP contribution < -0.4 is 11.5 Å². The zero-order valence-corrected chi connectivity index (χ0v) is 13.8. The van der Waals surface area contributed by atoms with Crippen LogP contribution in [-0.4, -0.2) is 15.0 Å². The van der Waals surface area contributed by atoms with Gasteiger partial charge >= 0.3 is 0 Å². The van der Waals surface area contributed by atoms with Gasteiger partial charge in [-0.1, -0.05) is 35.5 Å². The van der Waals surface area contributed by atoms with Crippen LogP contribution in [0.25, 0.3) is 10.6 Å². The molecule has 0 aliphatic rings. The second-order valence-electron chi connectivity index (χ2n) is 4.44. The smallest absolute Gasteiger partial charge is 0.191 e. The monoisotopic (exact) mass is 349 g/mol. The van der Waals surface area contributed by atoms with E-state index < -0.39 is 0 Å². The minimum atomic E-state index is 0.370. The van der Waals surface area contributed by atoms with Crippen molar-refractivity contribution in [3.63, 3.8) is 0 Å². The van der Waals surface area contributed by atoms with E-state index in [-0.39, 0.29) is 0 Å². The molecule has 8 heteroatoms. The lowest BCUT2D eigenvalue weighted by atomic mass is 10.2. The van der Waals surface area contributed by atoms with Crippen molar-refractivity contribution in [2.24, 2.45) is 0 Å². The molecular weight excluding hydrogens is 338 g/mol. The van der Waals surface area contributed by atoms with Gasteiger partial charge in [-0.25, -0.2) is 15.0 Å². The van der Waals surface area contributed by atoms with Crippen LogP contribution in [0, 0.1) is 0 Å². The van der Waals surface area contributed by atoms with Gasteiger partial charge in [-0.2, -0.15) is 0 Å². The molecule has 2 aromatic heterocycles. The molecule has 3 rings (SSSR count). The Labute approximate surface area is 140 Å². The standard InChI is InChI=1S/C14H12ClN5S2/c15-9-3-1-8(2-4-9)13-18-10(6-21-13)7-22-14-19-11(16)5-12(17)20-14/h1-6H,7H2,(H4,16,17,19,20). The van der Waals surface area contributed by atoms with Crippen molar-refractivity contribution < 1.29 is 0 Å². The SMILES string of the molecule is Nc1cc(N)nc(SCc2csc(-c3ccc(Cl)cc3)n2)n1. The molecule has 5 nitrogen and oxygen atoms in total. The summed E-state index contributed by atoms with van der Waals surface area (Å²) < 4.78 is 0. The third-order valence-corrected chi connectivity index (χ3v) is 4.81. The Bertz CT molecular complexity index is 768. The molecule has 3 aromatic rings. The van der Waals surface area contributed by atoms with Gasteiger partial charge in [0, 0.05) is 27.8 Å². The molecule has 0 amide bonds. The second kappa shape index (κ2) is 6.51. The summed E-state index contributed by atoms with van der Waals surface area (Å²) in [6.07, 6.45) is 0. The van der Waals surface area contributed by atoms with Crippen LogP contribution >= 0.6 is 34.7 Å². The molecule has 0 aliphatic heterocycles. The number of hydrogen-bond acceptors (Lipinski definition) is 7. The van der Waals surface area contributed by atoms with E-state index in [0.717, 1.165) is 16.3 Å². The fourth-order valence-corrected chi connectivity index (χ4v) is 3.59. The van der Waals surface area contributed by atoms with Gasteiger partial charge in [0.05, 0.1) is 5.69 Å². The van der Waals surface area contributed by atoms with Crippen LogP contribution in [-0.2, 0) is 5.75 Å². The Morgan fingerprint density at radius 1 is 1.05 bits per heavy atom. The molecule has 0 saturated carbocycles. The minimum absolute atomic E-state index is 0.370. The zero-order valence-electron chi connectivity index (χ0n) is 11.4. The Balaban J connectivity index is 1.70. The Morgan fingerprint density at radius 3 is 2.41 bits per heavy atom. The average Bonchev–Trinajstić information content (AvgIpc) is 2.94. The van der Waals surface area contributed by atoms with E-state index >= 15 is 0 Å². The molecular formula is C14H12ClN5S2. The van der Waals surface area contributed by atoms with Gasteiger partial charge in [0.25, 0.3) is 0 Å². The van der Waals surface area contributed by atoms with Crippen molar-refractivity contribution in [3.8, 4) is 10.6 Å². The lowest BCUT2D eigenvalue weighted by Crippen LogP contribution is -1.99. The summed E-state index contributed by atoms with van der Waals surface area (Å²) in [5.41, 5.74) is 13.3. The van der Waals surface area contributed by atoms with Gasteiger partial charge in [-0.05, 0) is 12.1 Å². The van der Waals surface area contributed by atoms with Crippen LogP contribution in [0.15, 0.2) is 40.9 Å². The van der Waals surface area contributed by atoms with Crippen molar-refractivity contribution in [2.45, 2.75) is 10.9 Å². The Hall–Kier alpha value is -1.83. The van der Waals surface area contributed by atoms with E-state index in [1.807, 2.05) is 29.6 Å². The maximum absolute atomic E-state index is 5.89. The van der Waals surface area contributed by atoms with Crippen LogP contribution in [0.2, 0.25) is 5.02 Å². The summed E-state index contributed by atoms with van der Waals surface area (Å²) in [4.78, 5) is 12.9. The second-order valence-corrected chi connectivity index (χ2v) is 6.68. The van der Waals surface area contributed by atoms with Crippen molar-refractivity contribution in [1.29, 1.82) is 0 Å². The van der Waals surface area contributed by atoms with E-state index in [1.54, 1.807) is 11.3 Å². The van der Waals surface area contributed by atoms with Crippen molar-refractivity contribution in [1.82, 2.24) is 15.0 Å². The number of halogens is 1. The highest BCUT2D eigenvalue weighted by Crippen LogP contribution is 2.28. The summed E-state index contributed by atoms with van der Waals surface area (Å²) in [6, 6.07) is 9.16. The molecule has 0 radical (unpaired) electrons. The first-order valence-electron chi connectivity index (χ1n) is 6.33. The predicted molar refractivity (Wildman–Crippen MR) is 93.0 cm³/mol. The fourth-order valence-electron chi connectivity index (χ4n) is 1.76. The molecule has 0 unspecified atom stereocenters. The van der Waals surface area contributed by atoms with Gasteiger partial charge in [0.1, 0.15) is 16.6 Å². The summed E-state index contributed by atoms with van der Waals surface area (Å²) >= 11 is 8.94. The van der Waals surface area contributed by atoms with Crippen LogP contribution in [0.3, 0.4) is 0 Å². The number of rotatable bonds is 4. The van der Waals surface area contributed by atoms with Crippen LogP contribution in [0.5, 0.6) is 0 Å². The number of nitrogens with zero attached hydrogens (tertiary/aromatic N) is 3. The normalized spacial score (nSPS) is 10.8. The number of benzene rings is 1. The first kappa shape index (κ1) is 15.1. The predicted octanol–water partition coefficient (Wildman–Crippen LogP) is 3.71. The number of thioether (sulfide) groups is 1. The zero-order chi connectivity index (χ0) is 15.5. The lowest BCUT2D eigenvalue weighted by Gasteiger charge is -2.01. The number of anilines is 2. The molecule has 1 aromatic carbocycles. The first-order valence-corrected chi connectivity index (χ1v) is 8.57. The maximum Gasteiger partial charge on any atom is 0.191 e. The van der Waals surface area contributed by atoms with Gasteiger partial charge < -0.3 is 11.5 Å². The van der Waals surface area contributed by atoms with Crippen molar-refractivity contribution >= 4 is 46.3 Å². The molecule has 0 saturated heterocycles. The summed E-state index contributed by atoms with van der Waals surface area (Å²) in [5, 5.41) is 4.25. The summed E-state index contributed by atoms with van der Waals surface area (Å²) in [5.74, 6) is 1.40. The van der Waals surface area contributed by atoms with E-state index in [2.05, 4.69) is 15.0 Å². The summed E-state index contributed by atoms with van der Waals surface area (Å²) in [6.45, 7) is 0. The Morgan fingerprint density at radius 2 is 1.73 bits per heavy atom. The quantitative estimate of drug-likeness (QED) is 0.551. The van der Waals surface area contributed by atoms with Crippen molar-refractivity contribution in [2.75, 3.05) is 11.5 Å². The third kappa shape index (κ3) is 3.68. The lowest BCUT2D eigenvalue weighted by molar-refractivity contribution is 0.982. The van der Waals surface area contributed by atoms with Gasteiger partial charge in [0.15, 0.2) is 5.16 Å². The molecule has 0 spiro atoms. The molecule has 4 N–H and O–H groups in total. The van der Waals surface area contributed by atoms with E-state index in [0.29, 0.717) is 27.6 Å². The number of thiazole rings is 1. The maximum atomic E-state index is 5.89. The van der Waals surface area contributed by atoms with E-state index in [4.69, 9.17) is 23.1 Å². The van der Waals surface area contributed by atoms with E-state index in [1.165, 1.54) is 17.8 Å². The van der Waals surface area contributed by atoms with Gasteiger partial charge in [0.2, 0.25) is 0 Å². The van der Waals surface area contributed by atoms with Crippen molar-refractivity contribution in [3.05, 3.63) is 46.4 Å². The minimum Gasteiger partial charge on any atom is -0.383 e. The van der Waals surface area contributed by atoms with Gasteiger partial charge in [-0.15, -0.1) is 11.3 Å². The van der Waals surface area contributed by atoms with Crippen LogP contribution in [0.1, 0.15) is 5.69 Å². The van der Waals surface area contributed by atoms with E-state index in [9.17, 15) is 0 Å².